The third kappa shape index (κ3) is 3.41. The molecule has 0 aliphatic carbocycles. The predicted octanol–water partition coefficient (Wildman–Crippen LogP) is 5.25. The van der Waals surface area contributed by atoms with Gasteiger partial charge in [-0.2, -0.15) is 13.2 Å². The first-order valence-electron chi connectivity index (χ1n) is 10.2. The van der Waals surface area contributed by atoms with Crippen LogP contribution in [0, 0.1) is 20.6 Å². The lowest BCUT2D eigenvalue weighted by Gasteiger charge is -2.15. The smallest absolute Gasteiger partial charge is 0.201 e. The Morgan fingerprint density at radius 3 is 2.22 bits per heavy atom. The lowest BCUT2D eigenvalue weighted by Crippen LogP contribution is -2.32. The molecule has 0 saturated carbocycles. The first-order chi connectivity index (χ1) is 12.9. The molecule has 1 heterocycles. The summed E-state index contributed by atoms with van der Waals surface area (Å²) in [6.45, 7) is -0.190. The van der Waals surface area contributed by atoms with E-state index < -0.39 is 31.0 Å². The molecule has 4 heteroatoms. The number of aromatic nitrogens is 1. The zero-order valence-corrected chi connectivity index (χ0v) is 13.5. The van der Waals surface area contributed by atoms with Crippen LogP contribution in [0.25, 0.3) is 11.3 Å². The molecular formula is C19H23F3N+. The Bertz CT molecular complexity index is 927. The van der Waals surface area contributed by atoms with Gasteiger partial charge in [-0.1, -0.05) is 13.8 Å². The Balaban J connectivity index is 2.87. The largest absolute Gasteiger partial charge is 0.416 e. The number of benzene rings is 1. The van der Waals surface area contributed by atoms with Gasteiger partial charge >= 0.3 is 6.18 Å². The Kier molecular flexibility index (Phi) is 2.82. The van der Waals surface area contributed by atoms with Crippen LogP contribution >= 0.6 is 0 Å². The van der Waals surface area contributed by atoms with Gasteiger partial charge < -0.3 is 0 Å². The van der Waals surface area contributed by atoms with Gasteiger partial charge in [0.1, 0.15) is 7.05 Å². The van der Waals surface area contributed by atoms with E-state index >= 15 is 0 Å². The summed E-state index contributed by atoms with van der Waals surface area (Å²) in [4.78, 5) is 0. The predicted molar refractivity (Wildman–Crippen MR) is 86.4 cm³/mol. The van der Waals surface area contributed by atoms with Crippen LogP contribution in [0.4, 0.5) is 13.2 Å². The summed E-state index contributed by atoms with van der Waals surface area (Å²) in [5.41, 5.74) is -0.283. The van der Waals surface area contributed by atoms with Gasteiger partial charge in [-0.3, -0.25) is 0 Å². The molecule has 1 aromatic heterocycles. The monoisotopic (exact) mass is 328 g/mol. The molecule has 0 N–H and O–H groups in total. The van der Waals surface area contributed by atoms with E-state index in [1.165, 1.54) is 17.7 Å². The summed E-state index contributed by atoms with van der Waals surface area (Å²) in [5.74, 6) is -0.151. The standard InChI is InChI=1S/C19H23F3N/c1-11(2)15-9-18(23(6)10-14(15)5)16-7-13(4)17(8-12(16)3)19(20,21)22/h7-11H,1-6H3/q+1/i4D3,5D3. The van der Waals surface area contributed by atoms with Gasteiger partial charge in [0.2, 0.25) is 5.69 Å². The first-order valence-corrected chi connectivity index (χ1v) is 7.21. The minimum atomic E-state index is -4.80. The molecular weight excluding hydrogens is 299 g/mol. The highest BCUT2D eigenvalue weighted by Gasteiger charge is 2.33. The summed E-state index contributed by atoms with van der Waals surface area (Å²) in [7, 11) is 1.58. The molecule has 0 spiro atoms. The van der Waals surface area contributed by atoms with Gasteiger partial charge in [0.05, 0.1) is 5.56 Å². The van der Waals surface area contributed by atoms with Crippen molar-refractivity contribution in [1.29, 1.82) is 0 Å². The Labute approximate surface area is 144 Å². The van der Waals surface area contributed by atoms with Gasteiger partial charge in [0.15, 0.2) is 6.20 Å². The normalized spacial score (nSPS) is 17.0. The van der Waals surface area contributed by atoms with Gasteiger partial charge in [0, 0.05) is 25.4 Å². The maximum absolute atomic E-state index is 13.4. The maximum atomic E-state index is 13.4. The third-order valence-electron chi connectivity index (χ3n) is 3.87. The second-order valence-corrected chi connectivity index (χ2v) is 6.00. The number of aryl methyl sites for hydroxylation is 4. The van der Waals surface area contributed by atoms with Crippen molar-refractivity contribution in [1.82, 2.24) is 0 Å². The van der Waals surface area contributed by atoms with Gasteiger partial charge in [-0.25, -0.2) is 4.57 Å². The Hall–Kier alpha value is -1.84. The molecule has 1 aromatic carbocycles. The van der Waals surface area contributed by atoms with E-state index in [0.717, 1.165) is 12.1 Å². The molecule has 2 aromatic rings. The van der Waals surface area contributed by atoms with Crippen molar-refractivity contribution < 1.29 is 26.0 Å². The maximum Gasteiger partial charge on any atom is 0.416 e. The molecule has 0 unspecified atom stereocenters. The fourth-order valence-corrected chi connectivity index (χ4v) is 2.63. The van der Waals surface area contributed by atoms with E-state index in [0.29, 0.717) is 16.8 Å². The van der Waals surface area contributed by atoms with E-state index in [1.807, 2.05) is 13.8 Å². The molecule has 0 fully saturated rings. The third-order valence-corrected chi connectivity index (χ3v) is 3.87. The molecule has 0 amide bonds. The van der Waals surface area contributed by atoms with E-state index in [1.54, 1.807) is 13.1 Å². The molecule has 23 heavy (non-hydrogen) atoms. The topological polar surface area (TPSA) is 3.88 Å². The molecule has 0 bridgehead atoms. The Morgan fingerprint density at radius 1 is 1.04 bits per heavy atom. The zero-order valence-electron chi connectivity index (χ0n) is 19.5. The fourth-order valence-electron chi connectivity index (χ4n) is 2.63. The summed E-state index contributed by atoms with van der Waals surface area (Å²) in [6, 6.07) is 3.49. The van der Waals surface area contributed by atoms with Crippen molar-refractivity contribution >= 4 is 0 Å². The molecule has 0 saturated heterocycles. The minimum absolute atomic E-state index is 0.151. The van der Waals surface area contributed by atoms with E-state index in [-0.39, 0.29) is 17.0 Å². The highest BCUT2D eigenvalue weighted by molar-refractivity contribution is 5.64. The number of halogens is 3. The summed E-state index contributed by atoms with van der Waals surface area (Å²) < 4.78 is 87.7. The van der Waals surface area contributed by atoms with Crippen molar-refractivity contribution in [3.05, 3.63) is 52.2 Å². The first kappa shape index (κ1) is 10.8. The zero-order chi connectivity index (χ0) is 22.5. The highest BCUT2D eigenvalue weighted by atomic mass is 19.4. The highest BCUT2D eigenvalue weighted by Crippen LogP contribution is 2.35. The van der Waals surface area contributed by atoms with E-state index in [4.69, 9.17) is 8.22 Å². The molecule has 0 aliphatic heterocycles. The lowest BCUT2D eigenvalue weighted by molar-refractivity contribution is -0.660. The molecule has 0 atom stereocenters. The quantitative estimate of drug-likeness (QED) is 0.663. The van der Waals surface area contributed by atoms with Crippen LogP contribution in [-0.2, 0) is 13.2 Å². The van der Waals surface area contributed by atoms with Crippen molar-refractivity contribution in [3.8, 4) is 11.3 Å². The van der Waals surface area contributed by atoms with Crippen LogP contribution in [0.15, 0.2) is 24.4 Å². The minimum Gasteiger partial charge on any atom is -0.201 e. The number of hydrogen-bond donors (Lipinski definition) is 0. The van der Waals surface area contributed by atoms with Crippen LogP contribution < -0.4 is 4.57 Å². The number of alkyl halides is 3. The van der Waals surface area contributed by atoms with Crippen LogP contribution in [0.1, 0.15) is 55.8 Å². The average Bonchev–Trinajstić information content (AvgIpc) is 2.51. The number of hydrogen-bond acceptors (Lipinski definition) is 0. The summed E-state index contributed by atoms with van der Waals surface area (Å²) in [5, 5.41) is 0. The van der Waals surface area contributed by atoms with Crippen LogP contribution in [0.5, 0.6) is 0 Å². The van der Waals surface area contributed by atoms with Gasteiger partial charge in [-0.05, 0) is 55.4 Å². The summed E-state index contributed by atoms with van der Waals surface area (Å²) >= 11 is 0. The van der Waals surface area contributed by atoms with Crippen molar-refractivity contribution in [2.45, 2.75) is 46.6 Å². The lowest BCUT2D eigenvalue weighted by atomic mass is 9.93. The molecule has 2 rings (SSSR count). The van der Waals surface area contributed by atoms with E-state index in [2.05, 4.69) is 0 Å². The number of nitrogens with zero attached hydrogens (tertiary/aromatic N) is 1. The van der Waals surface area contributed by atoms with Crippen molar-refractivity contribution in [2.75, 3.05) is 0 Å². The molecule has 0 radical (unpaired) electrons. The second kappa shape index (κ2) is 5.99. The van der Waals surface area contributed by atoms with Crippen molar-refractivity contribution in [3.63, 3.8) is 0 Å². The van der Waals surface area contributed by atoms with Crippen LogP contribution in [0.2, 0.25) is 0 Å². The van der Waals surface area contributed by atoms with Crippen LogP contribution in [-0.4, -0.2) is 0 Å². The van der Waals surface area contributed by atoms with Crippen LogP contribution in [0.3, 0.4) is 0 Å². The molecule has 0 aliphatic rings. The van der Waals surface area contributed by atoms with E-state index in [9.17, 15) is 13.2 Å². The second-order valence-electron chi connectivity index (χ2n) is 6.00. The average molecular weight is 328 g/mol. The summed E-state index contributed by atoms with van der Waals surface area (Å²) in [6.07, 6.45) is -3.37. The molecule has 124 valence electrons. The molecule has 1 nitrogen and oxygen atoms in total. The number of rotatable bonds is 2. The SMILES string of the molecule is [2H]C([2H])([2H])c1c[n+](C)c(-c2cc(C([2H])([2H])[2H])c(C(F)(F)F)cc2C)cc1C(C)C. The van der Waals surface area contributed by atoms with Gasteiger partial charge in [-0.15, -0.1) is 0 Å². The van der Waals surface area contributed by atoms with Gasteiger partial charge in [0.25, 0.3) is 0 Å². The number of pyridine rings is 1. The fraction of sp³-hybridized carbons (Fsp3) is 0.421. The Morgan fingerprint density at radius 2 is 1.70 bits per heavy atom. The van der Waals surface area contributed by atoms with Crippen molar-refractivity contribution in [2.24, 2.45) is 7.05 Å².